The summed E-state index contributed by atoms with van der Waals surface area (Å²) in [7, 11) is 0. The Morgan fingerprint density at radius 1 is 1.75 bits per heavy atom. The number of nitrogens with zero attached hydrogens (tertiary/aromatic N) is 1. The standard InChI is InChI=1S/C6H4ClIN2O2/c7-4-1-3(10-8)2-9-5(4)6(11)12/h1-2,10H,(H,11,12). The van der Waals surface area contributed by atoms with Gasteiger partial charge in [0, 0.05) is 0 Å². The summed E-state index contributed by atoms with van der Waals surface area (Å²) in [4.78, 5) is 14.1. The molecule has 1 aromatic rings. The Balaban J connectivity index is 3.12. The number of halogens is 2. The molecular weight excluding hydrogens is 294 g/mol. The zero-order chi connectivity index (χ0) is 9.14. The van der Waals surface area contributed by atoms with Crippen molar-refractivity contribution < 1.29 is 9.90 Å². The van der Waals surface area contributed by atoms with Crippen LogP contribution in [0.2, 0.25) is 5.02 Å². The average molecular weight is 298 g/mol. The van der Waals surface area contributed by atoms with Crippen LogP contribution in [0, 0.1) is 0 Å². The molecule has 64 valence electrons. The number of pyridine rings is 1. The molecule has 0 atom stereocenters. The van der Waals surface area contributed by atoms with Crippen molar-refractivity contribution in [1.82, 2.24) is 4.98 Å². The van der Waals surface area contributed by atoms with Crippen LogP contribution in [0.5, 0.6) is 0 Å². The number of aromatic carboxylic acids is 1. The SMILES string of the molecule is O=C(O)c1ncc(NI)cc1Cl. The topological polar surface area (TPSA) is 62.2 Å². The lowest BCUT2D eigenvalue weighted by Gasteiger charge is -2.00. The monoisotopic (exact) mass is 298 g/mol. The van der Waals surface area contributed by atoms with E-state index in [9.17, 15) is 4.79 Å². The summed E-state index contributed by atoms with van der Waals surface area (Å²) in [5, 5.41) is 8.69. The van der Waals surface area contributed by atoms with Crippen LogP contribution in [-0.4, -0.2) is 16.1 Å². The molecule has 0 bridgehead atoms. The minimum absolute atomic E-state index is 0.129. The fourth-order valence-corrected chi connectivity index (χ4v) is 1.19. The van der Waals surface area contributed by atoms with E-state index in [2.05, 4.69) is 8.51 Å². The van der Waals surface area contributed by atoms with Gasteiger partial charge in [-0.25, -0.2) is 9.78 Å². The van der Waals surface area contributed by atoms with Crippen molar-refractivity contribution in [2.45, 2.75) is 0 Å². The highest BCUT2D eigenvalue weighted by Crippen LogP contribution is 2.18. The third-order valence-electron chi connectivity index (χ3n) is 1.15. The lowest BCUT2D eigenvalue weighted by atomic mass is 10.3. The molecule has 2 N–H and O–H groups in total. The Bertz CT molecular complexity index is 318. The Morgan fingerprint density at radius 3 is 2.83 bits per heavy atom. The predicted octanol–water partition coefficient (Wildman–Crippen LogP) is 2.20. The van der Waals surface area contributed by atoms with E-state index in [0.717, 1.165) is 0 Å². The molecule has 12 heavy (non-hydrogen) atoms. The first-order chi connectivity index (χ1) is 5.65. The molecule has 0 aliphatic carbocycles. The second kappa shape index (κ2) is 3.90. The van der Waals surface area contributed by atoms with E-state index >= 15 is 0 Å². The van der Waals surface area contributed by atoms with E-state index in [1.165, 1.54) is 12.3 Å². The van der Waals surface area contributed by atoms with Crippen LogP contribution in [0.4, 0.5) is 5.69 Å². The van der Waals surface area contributed by atoms with E-state index in [0.29, 0.717) is 5.69 Å². The number of hydrogen-bond donors (Lipinski definition) is 2. The van der Waals surface area contributed by atoms with Gasteiger partial charge in [-0.1, -0.05) is 11.6 Å². The summed E-state index contributed by atoms with van der Waals surface area (Å²) in [5.74, 6) is -1.12. The minimum atomic E-state index is -1.12. The second-order valence-corrected chi connectivity index (χ2v) is 2.90. The third-order valence-corrected chi connectivity index (χ3v) is 2.06. The van der Waals surface area contributed by atoms with Gasteiger partial charge in [0.15, 0.2) is 5.69 Å². The maximum absolute atomic E-state index is 10.5. The zero-order valence-electron chi connectivity index (χ0n) is 5.71. The van der Waals surface area contributed by atoms with Gasteiger partial charge in [-0.05, 0) is 6.07 Å². The van der Waals surface area contributed by atoms with Crippen LogP contribution in [0.25, 0.3) is 0 Å². The van der Waals surface area contributed by atoms with E-state index in [4.69, 9.17) is 16.7 Å². The van der Waals surface area contributed by atoms with Crippen LogP contribution in [0.15, 0.2) is 12.3 Å². The number of hydrogen-bond acceptors (Lipinski definition) is 3. The zero-order valence-corrected chi connectivity index (χ0v) is 8.63. The molecule has 0 aliphatic rings. The number of aromatic nitrogens is 1. The molecule has 0 fully saturated rings. The van der Waals surface area contributed by atoms with Crippen molar-refractivity contribution in [2.24, 2.45) is 0 Å². The summed E-state index contributed by atoms with van der Waals surface area (Å²) in [6, 6.07) is 1.50. The van der Waals surface area contributed by atoms with Crippen LogP contribution in [0.1, 0.15) is 10.5 Å². The summed E-state index contributed by atoms with van der Waals surface area (Å²) in [5.41, 5.74) is 0.540. The number of carboxylic acid groups (broad SMARTS) is 1. The highest BCUT2D eigenvalue weighted by molar-refractivity contribution is 14.1. The molecule has 0 unspecified atom stereocenters. The lowest BCUT2D eigenvalue weighted by molar-refractivity contribution is 0.0691. The predicted molar refractivity (Wildman–Crippen MR) is 53.8 cm³/mol. The van der Waals surface area contributed by atoms with E-state index in [-0.39, 0.29) is 10.7 Å². The average Bonchev–Trinajstić information content (AvgIpc) is 2.03. The summed E-state index contributed by atoms with van der Waals surface area (Å²) < 4.78 is 2.76. The Labute approximate surface area is 87.4 Å². The summed E-state index contributed by atoms with van der Waals surface area (Å²) >= 11 is 7.52. The molecule has 0 aromatic carbocycles. The number of carbonyl (C=O) groups is 1. The van der Waals surface area contributed by atoms with Gasteiger partial charge >= 0.3 is 5.97 Å². The van der Waals surface area contributed by atoms with Gasteiger partial charge in [-0.15, -0.1) is 0 Å². The molecule has 0 aliphatic heterocycles. The first-order valence-electron chi connectivity index (χ1n) is 2.90. The quantitative estimate of drug-likeness (QED) is 0.649. The van der Waals surface area contributed by atoms with Gasteiger partial charge in [-0.2, -0.15) is 0 Å². The van der Waals surface area contributed by atoms with Gasteiger partial charge in [0.05, 0.1) is 39.8 Å². The van der Waals surface area contributed by atoms with Gasteiger partial charge in [-0.3, -0.25) is 0 Å². The van der Waals surface area contributed by atoms with Crippen molar-refractivity contribution in [3.05, 3.63) is 23.0 Å². The molecule has 1 aromatic heterocycles. The second-order valence-electron chi connectivity index (χ2n) is 1.95. The fraction of sp³-hybridized carbons (Fsp3) is 0. The smallest absolute Gasteiger partial charge is 0.356 e. The van der Waals surface area contributed by atoms with Gasteiger partial charge < -0.3 is 8.64 Å². The lowest BCUT2D eigenvalue weighted by Crippen LogP contribution is -2.01. The molecule has 0 radical (unpaired) electrons. The van der Waals surface area contributed by atoms with Gasteiger partial charge in [0.25, 0.3) is 0 Å². The maximum atomic E-state index is 10.5. The normalized spacial score (nSPS) is 9.50. The Kier molecular flexibility index (Phi) is 3.10. The fourth-order valence-electron chi connectivity index (χ4n) is 0.647. The van der Waals surface area contributed by atoms with E-state index in [1.54, 1.807) is 0 Å². The molecule has 0 saturated heterocycles. The van der Waals surface area contributed by atoms with Crippen LogP contribution < -0.4 is 3.53 Å². The molecule has 1 rings (SSSR count). The van der Waals surface area contributed by atoms with Crippen LogP contribution in [0.3, 0.4) is 0 Å². The molecule has 4 nitrogen and oxygen atoms in total. The summed E-state index contributed by atoms with van der Waals surface area (Å²) in [6.07, 6.45) is 1.40. The minimum Gasteiger partial charge on any atom is -0.476 e. The first kappa shape index (κ1) is 9.53. The Hall–Kier alpha value is -0.560. The van der Waals surface area contributed by atoms with E-state index in [1.807, 2.05) is 22.9 Å². The third kappa shape index (κ3) is 1.98. The molecular formula is C6H4ClIN2O2. The number of anilines is 1. The number of rotatable bonds is 2. The largest absolute Gasteiger partial charge is 0.476 e. The van der Waals surface area contributed by atoms with Crippen molar-refractivity contribution in [2.75, 3.05) is 3.53 Å². The first-order valence-corrected chi connectivity index (χ1v) is 4.36. The Morgan fingerprint density at radius 2 is 2.42 bits per heavy atom. The van der Waals surface area contributed by atoms with Gasteiger partial charge in [0.1, 0.15) is 0 Å². The molecule has 6 heteroatoms. The van der Waals surface area contributed by atoms with Gasteiger partial charge in [0.2, 0.25) is 0 Å². The molecule has 0 saturated carbocycles. The molecule has 0 spiro atoms. The highest BCUT2D eigenvalue weighted by Gasteiger charge is 2.09. The van der Waals surface area contributed by atoms with Crippen LogP contribution >= 0.6 is 34.5 Å². The summed E-state index contributed by atoms with van der Waals surface area (Å²) in [6.45, 7) is 0. The maximum Gasteiger partial charge on any atom is 0.356 e. The van der Waals surface area contributed by atoms with Crippen molar-refractivity contribution in [1.29, 1.82) is 0 Å². The molecule has 1 heterocycles. The van der Waals surface area contributed by atoms with Crippen LogP contribution in [-0.2, 0) is 0 Å². The van der Waals surface area contributed by atoms with Crippen molar-refractivity contribution in [3.8, 4) is 0 Å². The van der Waals surface area contributed by atoms with E-state index < -0.39 is 5.97 Å². The number of nitrogens with one attached hydrogen (secondary N) is 1. The van der Waals surface area contributed by atoms with Crippen molar-refractivity contribution in [3.63, 3.8) is 0 Å². The number of carboxylic acids is 1. The highest BCUT2D eigenvalue weighted by atomic mass is 127. The van der Waals surface area contributed by atoms with Crippen molar-refractivity contribution >= 4 is 46.1 Å². The molecule has 0 amide bonds.